The highest BCUT2D eigenvalue weighted by molar-refractivity contribution is 7.92. The fourth-order valence-electron chi connectivity index (χ4n) is 3.18. The van der Waals surface area contributed by atoms with Crippen LogP contribution in [0.1, 0.15) is 35.7 Å². The Morgan fingerprint density at radius 1 is 0.964 bits per heavy atom. The second-order valence-electron chi connectivity index (χ2n) is 6.81. The highest BCUT2D eigenvalue weighted by atomic mass is 32.2. The fourth-order valence-corrected chi connectivity index (χ4v) is 4.88. The van der Waals surface area contributed by atoms with Crippen LogP contribution in [-0.2, 0) is 14.8 Å². The number of anilines is 3. The Morgan fingerprint density at radius 2 is 1.61 bits per heavy atom. The molecule has 0 radical (unpaired) electrons. The van der Waals surface area contributed by atoms with Gasteiger partial charge in [0, 0.05) is 30.4 Å². The number of amides is 2. The van der Waals surface area contributed by atoms with Crippen molar-refractivity contribution in [2.45, 2.75) is 26.7 Å². The lowest BCUT2D eigenvalue weighted by Crippen LogP contribution is -2.38. The topological polar surface area (TPSA) is 95.6 Å². The van der Waals surface area contributed by atoms with E-state index in [9.17, 15) is 18.0 Å². The van der Waals surface area contributed by atoms with Gasteiger partial charge in [-0.25, -0.2) is 8.42 Å². The predicted octanol–water partition coefficient (Wildman–Crippen LogP) is 3.14. The van der Waals surface area contributed by atoms with Crippen molar-refractivity contribution in [2.24, 2.45) is 0 Å². The van der Waals surface area contributed by atoms with Gasteiger partial charge in [0.1, 0.15) is 0 Å². The maximum absolute atomic E-state index is 12.5. The smallest absolute Gasteiger partial charge is 0.255 e. The zero-order valence-electron chi connectivity index (χ0n) is 15.9. The van der Waals surface area contributed by atoms with Crippen LogP contribution in [0, 0.1) is 6.92 Å². The molecule has 1 aliphatic heterocycles. The molecule has 8 heteroatoms. The van der Waals surface area contributed by atoms with Crippen LogP contribution in [0.25, 0.3) is 0 Å². The largest absolute Gasteiger partial charge is 0.326 e. The molecule has 1 fully saturated rings. The summed E-state index contributed by atoms with van der Waals surface area (Å²) < 4.78 is 26.1. The molecule has 2 aromatic rings. The van der Waals surface area contributed by atoms with Crippen molar-refractivity contribution in [1.82, 2.24) is 0 Å². The molecule has 0 bridgehead atoms. The van der Waals surface area contributed by atoms with E-state index in [0.29, 0.717) is 35.6 Å². The van der Waals surface area contributed by atoms with E-state index in [1.54, 1.807) is 49.4 Å². The van der Waals surface area contributed by atoms with Crippen LogP contribution in [0.5, 0.6) is 0 Å². The van der Waals surface area contributed by atoms with E-state index in [0.717, 1.165) is 12.0 Å². The van der Waals surface area contributed by atoms with Crippen LogP contribution < -0.4 is 14.9 Å². The number of rotatable bonds is 4. The van der Waals surface area contributed by atoms with Gasteiger partial charge in [-0.1, -0.05) is 0 Å². The predicted molar refractivity (Wildman–Crippen MR) is 110 cm³/mol. The standard InChI is InChI=1S/C20H23N3O4S/c1-14-13-16(5-10-19(14)23-11-3-4-12-28(23,26)27)20(25)22-18-8-6-17(7-9-18)21-15(2)24/h5-10,13H,3-4,11-12H2,1-2H3,(H,21,24)(H,22,25). The molecule has 1 saturated heterocycles. The van der Waals surface area contributed by atoms with E-state index in [4.69, 9.17) is 0 Å². The number of aryl methyl sites for hydroxylation is 1. The third kappa shape index (κ3) is 4.51. The summed E-state index contributed by atoms with van der Waals surface area (Å²) in [5.74, 6) is -0.296. The minimum absolute atomic E-state index is 0.156. The Kier molecular flexibility index (Phi) is 5.69. The maximum Gasteiger partial charge on any atom is 0.255 e. The number of nitrogens with zero attached hydrogens (tertiary/aromatic N) is 1. The van der Waals surface area contributed by atoms with Crippen LogP contribution in [0.4, 0.5) is 17.1 Å². The van der Waals surface area contributed by atoms with E-state index < -0.39 is 10.0 Å². The Bertz CT molecular complexity index is 1000. The van der Waals surface area contributed by atoms with Gasteiger partial charge in [0.25, 0.3) is 5.91 Å². The average Bonchev–Trinajstić information content (AvgIpc) is 2.63. The first-order valence-corrected chi connectivity index (χ1v) is 10.7. The molecule has 0 spiro atoms. The van der Waals surface area contributed by atoms with Gasteiger partial charge in [-0.05, 0) is 67.8 Å². The number of carbonyl (C=O) groups excluding carboxylic acids is 2. The van der Waals surface area contributed by atoms with Crippen molar-refractivity contribution in [3.8, 4) is 0 Å². The van der Waals surface area contributed by atoms with Crippen LogP contribution in [-0.4, -0.2) is 32.5 Å². The Hall–Kier alpha value is -2.87. The summed E-state index contributed by atoms with van der Waals surface area (Å²) in [6.07, 6.45) is 1.51. The molecule has 148 valence electrons. The minimum Gasteiger partial charge on any atom is -0.326 e. The Labute approximate surface area is 164 Å². The highest BCUT2D eigenvalue weighted by Gasteiger charge is 2.27. The van der Waals surface area contributed by atoms with Crippen molar-refractivity contribution in [2.75, 3.05) is 27.2 Å². The summed E-state index contributed by atoms with van der Waals surface area (Å²) >= 11 is 0. The molecule has 2 aromatic carbocycles. The second-order valence-corrected chi connectivity index (χ2v) is 8.82. The zero-order chi connectivity index (χ0) is 20.3. The highest BCUT2D eigenvalue weighted by Crippen LogP contribution is 2.28. The van der Waals surface area contributed by atoms with Gasteiger partial charge in [-0.15, -0.1) is 0 Å². The molecule has 2 N–H and O–H groups in total. The second kappa shape index (κ2) is 8.02. The lowest BCUT2D eigenvalue weighted by Gasteiger charge is -2.29. The van der Waals surface area contributed by atoms with Gasteiger partial charge in [0.15, 0.2) is 0 Å². The van der Waals surface area contributed by atoms with Crippen LogP contribution in [0.3, 0.4) is 0 Å². The minimum atomic E-state index is -3.29. The van der Waals surface area contributed by atoms with Gasteiger partial charge in [0.05, 0.1) is 11.4 Å². The lowest BCUT2D eigenvalue weighted by atomic mass is 10.1. The summed E-state index contributed by atoms with van der Waals surface area (Å²) in [6, 6.07) is 11.8. The lowest BCUT2D eigenvalue weighted by molar-refractivity contribution is -0.114. The third-order valence-corrected chi connectivity index (χ3v) is 6.40. The van der Waals surface area contributed by atoms with Crippen molar-refractivity contribution >= 4 is 38.9 Å². The van der Waals surface area contributed by atoms with E-state index in [2.05, 4.69) is 10.6 Å². The molecule has 1 heterocycles. The van der Waals surface area contributed by atoms with E-state index in [-0.39, 0.29) is 17.6 Å². The molecule has 0 saturated carbocycles. The fraction of sp³-hybridized carbons (Fsp3) is 0.300. The Morgan fingerprint density at radius 3 is 2.18 bits per heavy atom. The first-order chi connectivity index (χ1) is 13.3. The van der Waals surface area contributed by atoms with Crippen LogP contribution >= 0.6 is 0 Å². The number of sulfonamides is 1. The zero-order valence-corrected chi connectivity index (χ0v) is 16.7. The number of nitrogens with one attached hydrogen (secondary N) is 2. The molecule has 3 rings (SSSR count). The van der Waals surface area contributed by atoms with Gasteiger partial charge in [-0.3, -0.25) is 13.9 Å². The Balaban J connectivity index is 1.74. The van der Waals surface area contributed by atoms with Gasteiger partial charge >= 0.3 is 0 Å². The number of benzene rings is 2. The van der Waals surface area contributed by atoms with Gasteiger partial charge in [0.2, 0.25) is 15.9 Å². The summed E-state index contributed by atoms with van der Waals surface area (Å²) in [5.41, 5.74) is 3.05. The van der Waals surface area contributed by atoms with Crippen molar-refractivity contribution in [3.63, 3.8) is 0 Å². The van der Waals surface area contributed by atoms with Gasteiger partial charge in [-0.2, -0.15) is 0 Å². The molecule has 7 nitrogen and oxygen atoms in total. The normalized spacial score (nSPS) is 15.7. The molecular weight excluding hydrogens is 378 g/mol. The van der Waals surface area contributed by atoms with E-state index in [1.807, 2.05) is 0 Å². The van der Waals surface area contributed by atoms with Gasteiger partial charge < -0.3 is 10.6 Å². The molecule has 0 aromatic heterocycles. The SMILES string of the molecule is CC(=O)Nc1ccc(NC(=O)c2ccc(N3CCCCS3(=O)=O)c(C)c2)cc1. The van der Waals surface area contributed by atoms with Crippen molar-refractivity contribution in [3.05, 3.63) is 53.6 Å². The summed E-state index contributed by atoms with van der Waals surface area (Å²) in [4.78, 5) is 23.6. The molecule has 0 aliphatic carbocycles. The number of hydrogen-bond acceptors (Lipinski definition) is 4. The van der Waals surface area contributed by atoms with Crippen LogP contribution in [0.15, 0.2) is 42.5 Å². The van der Waals surface area contributed by atoms with Crippen LogP contribution in [0.2, 0.25) is 0 Å². The summed E-state index contributed by atoms with van der Waals surface area (Å²) in [7, 11) is -3.29. The van der Waals surface area contributed by atoms with E-state index in [1.165, 1.54) is 11.2 Å². The first-order valence-electron chi connectivity index (χ1n) is 9.06. The first kappa shape index (κ1) is 19.9. The molecule has 28 heavy (non-hydrogen) atoms. The maximum atomic E-state index is 12.5. The average molecular weight is 401 g/mol. The summed E-state index contributed by atoms with van der Waals surface area (Å²) in [5, 5.41) is 5.46. The molecule has 1 aliphatic rings. The molecule has 0 atom stereocenters. The molecule has 0 unspecified atom stereocenters. The third-order valence-electron chi connectivity index (χ3n) is 4.54. The molecular formula is C20H23N3O4S. The van der Waals surface area contributed by atoms with Crippen molar-refractivity contribution in [1.29, 1.82) is 0 Å². The van der Waals surface area contributed by atoms with E-state index >= 15 is 0 Å². The quantitative estimate of drug-likeness (QED) is 0.823. The molecule has 2 amide bonds. The summed E-state index contributed by atoms with van der Waals surface area (Å²) in [6.45, 7) is 3.70. The van der Waals surface area contributed by atoms with Crippen molar-refractivity contribution < 1.29 is 18.0 Å². The number of carbonyl (C=O) groups is 2. The monoisotopic (exact) mass is 401 g/mol. The number of hydrogen-bond donors (Lipinski definition) is 2.